The molecule has 0 radical (unpaired) electrons. The Balaban J connectivity index is 1.21. The van der Waals surface area contributed by atoms with E-state index in [0.717, 1.165) is 73.0 Å². The maximum absolute atomic E-state index is 6.48. The summed E-state index contributed by atoms with van der Waals surface area (Å²) in [5.41, 5.74) is 8.05. The second-order valence-electron chi connectivity index (χ2n) is 9.16. The lowest BCUT2D eigenvalue weighted by Gasteiger charge is -2.32. The molecular weight excluding hydrogens is 456 g/mol. The van der Waals surface area contributed by atoms with Crippen LogP contribution in [0.4, 0.5) is 5.69 Å². The van der Waals surface area contributed by atoms with Crippen molar-refractivity contribution < 1.29 is 0 Å². The molecule has 2 aromatic carbocycles. The predicted octanol–water partition coefficient (Wildman–Crippen LogP) is 4.21. The highest BCUT2D eigenvalue weighted by molar-refractivity contribution is 6.32. The van der Waals surface area contributed by atoms with Crippen LogP contribution >= 0.6 is 11.6 Å². The van der Waals surface area contributed by atoms with Crippen molar-refractivity contribution in [1.82, 2.24) is 24.4 Å². The molecular formula is C28H25ClN6. The van der Waals surface area contributed by atoms with Crippen molar-refractivity contribution in [3.8, 4) is 11.8 Å². The molecule has 6 nitrogen and oxygen atoms in total. The summed E-state index contributed by atoms with van der Waals surface area (Å²) in [6, 6.07) is 16.4. The van der Waals surface area contributed by atoms with Gasteiger partial charge in [-0.1, -0.05) is 35.7 Å². The molecule has 7 heteroatoms. The van der Waals surface area contributed by atoms with Crippen molar-refractivity contribution >= 4 is 28.6 Å². The Morgan fingerprint density at radius 2 is 1.89 bits per heavy atom. The Morgan fingerprint density at radius 1 is 1.00 bits per heavy atom. The van der Waals surface area contributed by atoms with Gasteiger partial charge in [0.2, 0.25) is 0 Å². The molecule has 0 atom stereocenters. The first-order valence-corrected chi connectivity index (χ1v) is 12.2. The van der Waals surface area contributed by atoms with Gasteiger partial charge in [0.1, 0.15) is 5.69 Å². The van der Waals surface area contributed by atoms with Crippen molar-refractivity contribution in [2.24, 2.45) is 4.99 Å². The van der Waals surface area contributed by atoms with Gasteiger partial charge in [-0.25, -0.2) is 9.50 Å². The van der Waals surface area contributed by atoms with Crippen molar-refractivity contribution in [2.45, 2.75) is 13.0 Å². The smallest absolute Gasteiger partial charge is 0.154 e. The number of hydrogen-bond acceptors (Lipinski definition) is 5. The van der Waals surface area contributed by atoms with Gasteiger partial charge >= 0.3 is 0 Å². The van der Waals surface area contributed by atoms with E-state index in [4.69, 9.17) is 16.6 Å². The Kier molecular flexibility index (Phi) is 5.83. The Bertz CT molecular complexity index is 1500. The van der Waals surface area contributed by atoms with E-state index in [9.17, 15) is 0 Å². The lowest BCUT2D eigenvalue weighted by molar-refractivity contribution is 0.148. The van der Waals surface area contributed by atoms with E-state index in [-0.39, 0.29) is 0 Å². The fraction of sp³-hybridized carbons (Fsp3) is 0.250. The maximum Gasteiger partial charge on any atom is 0.154 e. The van der Waals surface area contributed by atoms with E-state index in [1.54, 1.807) is 16.9 Å². The van der Waals surface area contributed by atoms with Crippen LogP contribution in [0.25, 0.3) is 5.65 Å². The van der Waals surface area contributed by atoms with Crippen LogP contribution in [-0.4, -0.2) is 63.3 Å². The molecule has 0 saturated carbocycles. The van der Waals surface area contributed by atoms with Gasteiger partial charge in [0.15, 0.2) is 5.65 Å². The molecule has 2 aliphatic rings. The molecule has 0 bridgehead atoms. The predicted molar refractivity (Wildman–Crippen MR) is 140 cm³/mol. The lowest BCUT2D eigenvalue weighted by Crippen LogP contribution is -2.43. The monoisotopic (exact) mass is 480 g/mol. The molecule has 1 fully saturated rings. The molecule has 35 heavy (non-hydrogen) atoms. The van der Waals surface area contributed by atoms with E-state index >= 15 is 0 Å². The highest BCUT2D eigenvalue weighted by Gasteiger charge is 2.19. The van der Waals surface area contributed by atoms with Crippen molar-refractivity contribution in [2.75, 3.05) is 33.2 Å². The van der Waals surface area contributed by atoms with Gasteiger partial charge in [-0.2, -0.15) is 5.10 Å². The molecule has 0 aliphatic carbocycles. The van der Waals surface area contributed by atoms with Crippen LogP contribution in [0.15, 0.2) is 65.9 Å². The third-order valence-electron chi connectivity index (χ3n) is 6.66. The van der Waals surface area contributed by atoms with Gasteiger partial charge < -0.3 is 4.90 Å². The van der Waals surface area contributed by atoms with E-state index in [1.165, 1.54) is 11.1 Å². The second-order valence-corrected chi connectivity index (χ2v) is 9.57. The van der Waals surface area contributed by atoms with Gasteiger partial charge in [0.05, 0.1) is 22.6 Å². The molecule has 0 unspecified atom stereocenters. The summed E-state index contributed by atoms with van der Waals surface area (Å²) in [6.07, 6.45) is 4.27. The molecule has 4 heterocycles. The molecule has 0 spiro atoms. The second kappa shape index (κ2) is 9.27. The topological polar surface area (TPSA) is 49.0 Å². The quantitative estimate of drug-likeness (QED) is 0.412. The number of rotatable bonds is 3. The van der Waals surface area contributed by atoms with E-state index in [1.807, 2.05) is 30.3 Å². The molecule has 2 aliphatic heterocycles. The summed E-state index contributed by atoms with van der Waals surface area (Å²) in [5.74, 6) is 6.37. The number of halogens is 1. The summed E-state index contributed by atoms with van der Waals surface area (Å²) in [7, 11) is 2.19. The number of imidazole rings is 1. The zero-order valence-electron chi connectivity index (χ0n) is 19.6. The third-order valence-corrected chi connectivity index (χ3v) is 6.99. The fourth-order valence-corrected chi connectivity index (χ4v) is 4.80. The largest absolute Gasteiger partial charge is 0.304 e. The molecule has 4 aromatic rings. The number of hydrogen-bond donors (Lipinski definition) is 0. The lowest BCUT2D eigenvalue weighted by atomic mass is 10.0. The van der Waals surface area contributed by atoms with Crippen molar-refractivity contribution in [3.05, 3.63) is 93.9 Å². The average molecular weight is 481 g/mol. The van der Waals surface area contributed by atoms with Crippen LogP contribution < -0.4 is 0 Å². The minimum atomic E-state index is 0.619. The summed E-state index contributed by atoms with van der Waals surface area (Å²) >= 11 is 6.48. The van der Waals surface area contributed by atoms with Crippen LogP contribution in [0.5, 0.6) is 0 Å². The van der Waals surface area contributed by atoms with Gasteiger partial charge in [-0.15, -0.1) is 0 Å². The summed E-state index contributed by atoms with van der Waals surface area (Å²) in [4.78, 5) is 14.2. The van der Waals surface area contributed by atoms with Crippen LogP contribution in [0.1, 0.15) is 27.9 Å². The minimum absolute atomic E-state index is 0.619. The summed E-state index contributed by atoms with van der Waals surface area (Å²) < 4.78 is 1.72. The maximum atomic E-state index is 6.48. The number of nitrogens with zero attached hydrogens (tertiary/aromatic N) is 6. The fourth-order valence-electron chi connectivity index (χ4n) is 4.63. The molecule has 174 valence electrons. The first-order valence-electron chi connectivity index (χ1n) is 11.8. The number of likely N-dealkylation sites (N-methyl/N-ethyl adjacent to an activating group) is 1. The Labute approximate surface area is 209 Å². The summed E-state index contributed by atoms with van der Waals surface area (Å²) in [6.45, 7) is 5.50. The van der Waals surface area contributed by atoms with Crippen molar-refractivity contribution in [1.29, 1.82) is 0 Å². The average Bonchev–Trinajstić information content (AvgIpc) is 3.49. The number of fused-ring (bicyclic) bond motifs is 2. The van der Waals surface area contributed by atoms with Crippen LogP contribution in [-0.2, 0) is 13.0 Å². The van der Waals surface area contributed by atoms with Crippen LogP contribution in [0.3, 0.4) is 0 Å². The van der Waals surface area contributed by atoms with Gasteiger partial charge in [0, 0.05) is 50.9 Å². The minimum Gasteiger partial charge on any atom is -0.304 e. The molecule has 0 N–H and O–H groups in total. The number of piperazine rings is 1. The number of benzene rings is 2. The van der Waals surface area contributed by atoms with Gasteiger partial charge in [-0.05, 0) is 60.0 Å². The standard InChI is InChI=1S/C28H25ClN6/c1-33-11-13-34(14-12-33)19-20-4-9-26-23(15-20)17-27(32-26)22-6-8-25(29)21(16-22)5-7-24-18-30-28-3-2-10-31-35(24)28/h2-4,6,8-10,15-16,18H,11-14,17,19H2,1H3. The van der Waals surface area contributed by atoms with Gasteiger partial charge in [0.25, 0.3) is 0 Å². The summed E-state index contributed by atoms with van der Waals surface area (Å²) in [5, 5.41) is 4.94. The van der Waals surface area contributed by atoms with Gasteiger partial charge in [-0.3, -0.25) is 9.89 Å². The third kappa shape index (κ3) is 4.59. The zero-order valence-corrected chi connectivity index (χ0v) is 20.3. The van der Waals surface area contributed by atoms with E-state index in [0.29, 0.717) is 5.02 Å². The first-order chi connectivity index (χ1) is 17.1. The highest BCUT2D eigenvalue weighted by Crippen LogP contribution is 2.31. The molecule has 6 rings (SSSR count). The molecule has 0 amide bonds. The SMILES string of the molecule is CN1CCN(Cc2ccc3c(c2)CC(c2ccc(Cl)c(C#Cc4cnc5cccnn45)c2)=N3)CC1. The van der Waals surface area contributed by atoms with Crippen molar-refractivity contribution in [3.63, 3.8) is 0 Å². The molecule has 2 aromatic heterocycles. The molecule has 1 saturated heterocycles. The van der Waals surface area contributed by atoms with E-state index < -0.39 is 0 Å². The van der Waals surface area contributed by atoms with E-state index in [2.05, 4.69) is 57.0 Å². The Morgan fingerprint density at radius 3 is 2.77 bits per heavy atom. The first kappa shape index (κ1) is 22.0. The van der Waals surface area contributed by atoms with Crippen LogP contribution in [0, 0.1) is 11.8 Å². The number of aromatic nitrogens is 3. The highest BCUT2D eigenvalue weighted by atomic mass is 35.5. The zero-order chi connectivity index (χ0) is 23.8. The Hall–Kier alpha value is -3.50. The van der Waals surface area contributed by atoms with Crippen LogP contribution in [0.2, 0.25) is 5.02 Å². The normalized spacial score (nSPS) is 16.1. The number of aliphatic imine (C=N–C) groups is 1.